The molecular formula is C14H20N2O2. The van der Waals surface area contributed by atoms with Gasteiger partial charge in [-0.05, 0) is 31.6 Å². The molecule has 0 radical (unpaired) electrons. The van der Waals surface area contributed by atoms with Gasteiger partial charge in [0.2, 0.25) is 5.91 Å². The summed E-state index contributed by atoms with van der Waals surface area (Å²) in [5.74, 6) is 0.692. The number of carbonyl (C=O) groups excluding carboxylic acids is 1. The molecule has 1 aromatic rings. The number of likely N-dealkylation sites (N-methyl/N-ethyl adjacent to an activating group) is 1. The molecule has 0 bridgehead atoms. The maximum atomic E-state index is 11.4. The standard InChI is InChI=1S/C14H20N2O2/c1-4-15-14(17)9-16-12-7-5-6-8-13(12)18-10-11(2)3/h5-8,16H,2,4,9-10H2,1,3H3,(H,15,17). The monoisotopic (exact) mass is 248 g/mol. The summed E-state index contributed by atoms with van der Waals surface area (Å²) >= 11 is 0. The summed E-state index contributed by atoms with van der Waals surface area (Å²) in [5, 5.41) is 5.78. The van der Waals surface area contributed by atoms with Gasteiger partial charge in [-0.15, -0.1) is 0 Å². The molecule has 0 aliphatic rings. The van der Waals surface area contributed by atoms with Gasteiger partial charge in [-0.25, -0.2) is 0 Å². The second-order valence-electron chi connectivity index (χ2n) is 4.05. The molecule has 0 atom stereocenters. The summed E-state index contributed by atoms with van der Waals surface area (Å²) in [6.45, 7) is 8.93. The molecule has 0 saturated carbocycles. The van der Waals surface area contributed by atoms with Crippen LogP contribution in [0.3, 0.4) is 0 Å². The maximum Gasteiger partial charge on any atom is 0.239 e. The normalized spacial score (nSPS) is 9.67. The second-order valence-corrected chi connectivity index (χ2v) is 4.05. The zero-order valence-corrected chi connectivity index (χ0v) is 11.0. The molecule has 0 spiro atoms. The van der Waals surface area contributed by atoms with Crippen molar-refractivity contribution in [3.8, 4) is 5.75 Å². The van der Waals surface area contributed by atoms with Gasteiger partial charge in [0.1, 0.15) is 12.4 Å². The first-order valence-corrected chi connectivity index (χ1v) is 6.00. The topological polar surface area (TPSA) is 50.4 Å². The summed E-state index contributed by atoms with van der Waals surface area (Å²) in [7, 11) is 0. The lowest BCUT2D eigenvalue weighted by molar-refractivity contribution is -0.119. The Morgan fingerprint density at radius 3 is 2.78 bits per heavy atom. The Kier molecular flexibility index (Phi) is 5.77. The van der Waals surface area contributed by atoms with Crippen molar-refractivity contribution in [2.24, 2.45) is 0 Å². The van der Waals surface area contributed by atoms with Gasteiger partial charge in [-0.2, -0.15) is 0 Å². The Balaban J connectivity index is 2.58. The minimum atomic E-state index is -0.0350. The molecule has 4 heteroatoms. The number of nitrogens with one attached hydrogen (secondary N) is 2. The first kappa shape index (κ1) is 14.1. The predicted molar refractivity (Wildman–Crippen MR) is 73.9 cm³/mol. The van der Waals surface area contributed by atoms with Crippen LogP contribution in [0, 0.1) is 0 Å². The molecule has 1 rings (SSSR count). The predicted octanol–water partition coefficient (Wildman–Crippen LogP) is 2.19. The second kappa shape index (κ2) is 7.37. The van der Waals surface area contributed by atoms with E-state index in [0.717, 1.165) is 17.0 Å². The molecule has 98 valence electrons. The van der Waals surface area contributed by atoms with E-state index in [1.807, 2.05) is 38.1 Å². The largest absolute Gasteiger partial charge is 0.487 e. The maximum absolute atomic E-state index is 11.4. The number of hydrogen-bond acceptors (Lipinski definition) is 3. The van der Waals surface area contributed by atoms with Crippen molar-refractivity contribution in [3.63, 3.8) is 0 Å². The van der Waals surface area contributed by atoms with E-state index in [4.69, 9.17) is 4.74 Å². The number of ether oxygens (including phenoxy) is 1. The van der Waals surface area contributed by atoms with Crippen LogP contribution in [0.4, 0.5) is 5.69 Å². The SMILES string of the molecule is C=C(C)COc1ccccc1NCC(=O)NCC. The average molecular weight is 248 g/mol. The lowest BCUT2D eigenvalue weighted by atomic mass is 10.3. The average Bonchev–Trinajstić information content (AvgIpc) is 2.35. The van der Waals surface area contributed by atoms with Gasteiger partial charge in [-0.1, -0.05) is 18.7 Å². The number of carbonyl (C=O) groups is 1. The lowest BCUT2D eigenvalue weighted by Gasteiger charge is -2.12. The number of hydrogen-bond donors (Lipinski definition) is 2. The summed E-state index contributed by atoms with van der Waals surface area (Å²) in [6.07, 6.45) is 0. The quantitative estimate of drug-likeness (QED) is 0.727. The van der Waals surface area contributed by atoms with Crippen LogP contribution < -0.4 is 15.4 Å². The molecule has 4 nitrogen and oxygen atoms in total. The molecule has 0 heterocycles. The van der Waals surface area contributed by atoms with Crippen molar-refractivity contribution in [3.05, 3.63) is 36.4 Å². The lowest BCUT2D eigenvalue weighted by Crippen LogP contribution is -2.29. The first-order valence-electron chi connectivity index (χ1n) is 6.00. The Labute approximate surface area is 108 Å². The van der Waals surface area contributed by atoms with Gasteiger partial charge in [0.05, 0.1) is 12.2 Å². The van der Waals surface area contributed by atoms with Crippen molar-refractivity contribution >= 4 is 11.6 Å². The fourth-order valence-corrected chi connectivity index (χ4v) is 1.37. The zero-order valence-electron chi connectivity index (χ0n) is 11.0. The molecule has 18 heavy (non-hydrogen) atoms. The highest BCUT2D eigenvalue weighted by atomic mass is 16.5. The number of benzene rings is 1. The summed E-state index contributed by atoms with van der Waals surface area (Å²) in [4.78, 5) is 11.4. The zero-order chi connectivity index (χ0) is 13.4. The number of para-hydroxylation sites is 2. The van der Waals surface area contributed by atoms with Crippen LogP contribution in [0.2, 0.25) is 0 Å². The number of amides is 1. The van der Waals surface area contributed by atoms with Crippen molar-refractivity contribution in [2.75, 3.05) is 25.0 Å². The van der Waals surface area contributed by atoms with Crippen LogP contribution in [0.1, 0.15) is 13.8 Å². The van der Waals surface area contributed by atoms with Crippen molar-refractivity contribution < 1.29 is 9.53 Å². The van der Waals surface area contributed by atoms with E-state index in [9.17, 15) is 4.79 Å². The molecular weight excluding hydrogens is 228 g/mol. The van der Waals surface area contributed by atoms with Gasteiger partial charge in [0.25, 0.3) is 0 Å². The molecule has 1 aromatic carbocycles. The van der Waals surface area contributed by atoms with Crippen LogP contribution in [0.15, 0.2) is 36.4 Å². The van der Waals surface area contributed by atoms with E-state index in [2.05, 4.69) is 17.2 Å². The Bertz CT molecular complexity index is 416. The van der Waals surface area contributed by atoms with E-state index in [0.29, 0.717) is 13.2 Å². The van der Waals surface area contributed by atoms with Crippen molar-refractivity contribution in [1.82, 2.24) is 5.32 Å². The minimum Gasteiger partial charge on any atom is -0.487 e. The van der Waals surface area contributed by atoms with E-state index in [-0.39, 0.29) is 12.5 Å². The summed E-state index contributed by atoms with van der Waals surface area (Å²) in [6, 6.07) is 7.54. The molecule has 0 fully saturated rings. The number of anilines is 1. The van der Waals surface area contributed by atoms with Gasteiger partial charge < -0.3 is 15.4 Å². The third-order valence-electron chi connectivity index (χ3n) is 2.17. The highest BCUT2D eigenvalue weighted by molar-refractivity contribution is 5.81. The summed E-state index contributed by atoms with van der Waals surface area (Å²) < 4.78 is 5.60. The van der Waals surface area contributed by atoms with E-state index in [1.54, 1.807) is 0 Å². The Morgan fingerprint density at radius 1 is 1.39 bits per heavy atom. The smallest absolute Gasteiger partial charge is 0.239 e. The number of rotatable bonds is 7. The molecule has 0 unspecified atom stereocenters. The molecule has 0 aliphatic carbocycles. The van der Waals surface area contributed by atoms with Crippen LogP contribution >= 0.6 is 0 Å². The fourth-order valence-electron chi connectivity index (χ4n) is 1.37. The molecule has 0 aromatic heterocycles. The third-order valence-corrected chi connectivity index (χ3v) is 2.17. The molecule has 2 N–H and O–H groups in total. The highest BCUT2D eigenvalue weighted by Crippen LogP contribution is 2.23. The molecule has 0 saturated heterocycles. The minimum absolute atomic E-state index is 0.0350. The molecule has 1 amide bonds. The van der Waals surface area contributed by atoms with Crippen LogP contribution in [0.5, 0.6) is 5.75 Å². The van der Waals surface area contributed by atoms with Gasteiger partial charge in [0.15, 0.2) is 0 Å². The highest BCUT2D eigenvalue weighted by Gasteiger charge is 2.04. The van der Waals surface area contributed by atoms with E-state index < -0.39 is 0 Å². The van der Waals surface area contributed by atoms with Crippen LogP contribution in [-0.2, 0) is 4.79 Å². The first-order chi connectivity index (χ1) is 8.63. The Hall–Kier alpha value is -1.97. The van der Waals surface area contributed by atoms with Crippen molar-refractivity contribution in [1.29, 1.82) is 0 Å². The van der Waals surface area contributed by atoms with Gasteiger partial charge in [0, 0.05) is 6.54 Å². The summed E-state index contributed by atoms with van der Waals surface area (Å²) in [5.41, 5.74) is 1.76. The fraction of sp³-hybridized carbons (Fsp3) is 0.357. The Morgan fingerprint density at radius 2 is 2.11 bits per heavy atom. The van der Waals surface area contributed by atoms with E-state index in [1.165, 1.54) is 0 Å². The van der Waals surface area contributed by atoms with Crippen molar-refractivity contribution in [2.45, 2.75) is 13.8 Å². The van der Waals surface area contributed by atoms with Gasteiger partial charge in [-0.3, -0.25) is 4.79 Å². The van der Waals surface area contributed by atoms with Crippen LogP contribution in [0.25, 0.3) is 0 Å². The third kappa shape index (κ3) is 4.91. The molecule has 0 aliphatic heterocycles. The van der Waals surface area contributed by atoms with Crippen LogP contribution in [-0.4, -0.2) is 25.6 Å². The van der Waals surface area contributed by atoms with Gasteiger partial charge >= 0.3 is 0 Å². The van der Waals surface area contributed by atoms with E-state index >= 15 is 0 Å².